The second kappa shape index (κ2) is 18.0. The van der Waals surface area contributed by atoms with Crippen molar-refractivity contribution < 1.29 is 33.0 Å². The van der Waals surface area contributed by atoms with Gasteiger partial charge in [0.05, 0.1) is 35.9 Å². The number of piperazine rings is 1. The number of phenols is 1. The van der Waals surface area contributed by atoms with Crippen LogP contribution in [0.5, 0.6) is 11.8 Å². The van der Waals surface area contributed by atoms with E-state index in [0.717, 1.165) is 127 Å². The Kier molecular flexibility index (Phi) is 11.6. The molecule has 12 rings (SSSR count). The number of hydrogen-bond acceptors (Lipinski definition) is 13. The topological polar surface area (TPSA) is 154 Å². The summed E-state index contributed by atoms with van der Waals surface area (Å²) < 4.78 is 46.8. The number of nitrogens with one attached hydrogen (secondary N) is 1. The van der Waals surface area contributed by atoms with Gasteiger partial charge in [0.1, 0.15) is 34.6 Å². The third-order valence-corrected chi connectivity index (χ3v) is 16.3. The van der Waals surface area contributed by atoms with Crippen molar-refractivity contribution in [3.8, 4) is 23.0 Å². The molecule has 366 valence electrons. The summed E-state index contributed by atoms with van der Waals surface area (Å²) in [5, 5.41) is 20.3. The van der Waals surface area contributed by atoms with E-state index in [2.05, 4.69) is 47.1 Å². The van der Waals surface area contributed by atoms with E-state index in [-0.39, 0.29) is 45.8 Å². The zero-order chi connectivity index (χ0) is 47.7. The van der Waals surface area contributed by atoms with Crippen LogP contribution in [-0.2, 0) is 20.7 Å². The Morgan fingerprint density at radius 3 is 2.47 bits per heavy atom. The highest BCUT2D eigenvalue weighted by Gasteiger charge is 2.46. The van der Waals surface area contributed by atoms with Gasteiger partial charge in [-0.2, -0.15) is 15.1 Å². The number of rotatable bonds is 12. The summed E-state index contributed by atoms with van der Waals surface area (Å²) in [7, 11) is 0. The summed E-state index contributed by atoms with van der Waals surface area (Å²) in [4.78, 5) is 48.4. The number of pyridine rings is 1. The zero-order valence-electron chi connectivity index (χ0n) is 39.8. The maximum atomic E-state index is 17.2. The molecule has 1 aliphatic carbocycles. The smallest absolute Gasteiger partial charge is 0.319 e. The molecule has 2 amide bonds. The van der Waals surface area contributed by atoms with E-state index < -0.39 is 17.7 Å². The summed E-state index contributed by atoms with van der Waals surface area (Å²) in [6.45, 7) is 12.4. The molecule has 1 unspecified atom stereocenters. The normalized spacial score (nSPS) is 23.4. The molecule has 1 spiro atoms. The van der Waals surface area contributed by atoms with E-state index in [4.69, 9.17) is 19.4 Å². The Hall–Kier alpha value is -6.04. The van der Waals surface area contributed by atoms with Crippen LogP contribution >= 0.6 is 0 Å². The van der Waals surface area contributed by atoms with Crippen molar-refractivity contribution in [2.75, 3.05) is 88.5 Å². The Balaban J connectivity index is 0.695. The number of halogens is 2. The number of nitrogens with zero attached hydrogens (tertiary/aromatic N) is 9. The van der Waals surface area contributed by atoms with Gasteiger partial charge in [0.25, 0.3) is 5.91 Å². The summed E-state index contributed by atoms with van der Waals surface area (Å²) >= 11 is 0. The Bertz CT molecular complexity index is 3010. The second-order valence-corrected chi connectivity index (χ2v) is 20.9. The number of aromatic hydroxyl groups is 1. The minimum Gasteiger partial charge on any atom is -0.508 e. The van der Waals surface area contributed by atoms with Crippen LogP contribution in [0.4, 0.5) is 20.3 Å². The average molecular weight is 955 g/mol. The van der Waals surface area contributed by atoms with Crippen LogP contribution in [0.2, 0.25) is 0 Å². The first-order valence-electron chi connectivity index (χ1n) is 25.4. The fourth-order valence-corrected chi connectivity index (χ4v) is 12.0. The number of aryl methyl sites for hydroxylation is 1. The van der Waals surface area contributed by atoms with E-state index in [1.807, 2.05) is 19.2 Å². The molecule has 3 aromatic heterocycles. The predicted molar refractivity (Wildman–Crippen MR) is 262 cm³/mol. The largest absolute Gasteiger partial charge is 0.508 e. The summed E-state index contributed by atoms with van der Waals surface area (Å²) in [6.07, 6.45) is 11.8. The van der Waals surface area contributed by atoms with Crippen LogP contribution in [0, 0.1) is 23.0 Å². The number of piperidine rings is 3. The molecule has 6 fully saturated rings. The first kappa shape index (κ1) is 45.1. The molecular formula is C53H60F2N10O5. The maximum absolute atomic E-state index is 17.2. The SMILES string of the molecule is CCc1c(F)ccc2cc(O)cc(-c3ncc4c(N5CCC[C@]6(CCO6)C5)nc(OCC5(CN6CCC(CN7CCN(c8ccc9c(cnn9C9CCC(=O)NC9=O)c8)CC7)CC6)CC5)nc4c3F)c12. The molecule has 6 aliphatic rings. The number of amides is 2. The van der Waals surface area contributed by atoms with Crippen LogP contribution in [0.25, 0.3) is 43.8 Å². The van der Waals surface area contributed by atoms with Crippen molar-refractivity contribution in [2.45, 2.75) is 82.8 Å². The van der Waals surface area contributed by atoms with Crippen molar-refractivity contribution >= 4 is 55.9 Å². The molecule has 70 heavy (non-hydrogen) atoms. The molecule has 5 saturated heterocycles. The second-order valence-electron chi connectivity index (χ2n) is 20.9. The molecule has 5 aliphatic heterocycles. The number of carbonyl (C=O) groups is 2. The van der Waals surface area contributed by atoms with Crippen LogP contribution in [0.15, 0.2) is 54.9 Å². The number of phenolic OH excluding ortho intramolecular Hbond substituents is 1. The van der Waals surface area contributed by atoms with Gasteiger partial charge in [0.15, 0.2) is 5.82 Å². The van der Waals surface area contributed by atoms with Crippen LogP contribution in [-0.4, -0.2) is 136 Å². The molecule has 0 bridgehead atoms. The monoisotopic (exact) mass is 954 g/mol. The van der Waals surface area contributed by atoms with Crippen LogP contribution in [0.3, 0.4) is 0 Å². The molecule has 2 N–H and O–H groups in total. The maximum Gasteiger partial charge on any atom is 0.319 e. The van der Waals surface area contributed by atoms with Crippen molar-refractivity contribution in [3.05, 3.63) is 72.1 Å². The third kappa shape index (κ3) is 8.46. The Morgan fingerprint density at radius 1 is 0.886 bits per heavy atom. The molecule has 8 heterocycles. The van der Waals surface area contributed by atoms with Gasteiger partial charge in [0, 0.05) is 93.4 Å². The number of benzene rings is 3. The molecule has 1 saturated carbocycles. The van der Waals surface area contributed by atoms with Crippen LogP contribution in [0.1, 0.15) is 76.3 Å². The molecule has 2 atom stereocenters. The number of aromatic nitrogens is 5. The Morgan fingerprint density at radius 2 is 1.71 bits per heavy atom. The molecule has 6 aromatic rings. The lowest BCUT2D eigenvalue weighted by Crippen LogP contribution is -2.56. The predicted octanol–water partition coefficient (Wildman–Crippen LogP) is 7.17. The van der Waals surface area contributed by atoms with Gasteiger partial charge in [-0.25, -0.2) is 8.78 Å². The number of hydrogen-bond donors (Lipinski definition) is 2. The third-order valence-electron chi connectivity index (χ3n) is 16.3. The van der Waals surface area contributed by atoms with E-state index in [1.54, 1.807) is 23.0 Å². The van der Waals surface area contributed by atoms with Gasteiger partial charge in [-0.3, -0.25) is 29.5 Å². The number of carbonyl (C=O) groups excluding carboxylic acids is 2. The fourth-order valence-electron chi connectivity index (χ4n) is 12.0. The van der Waals surface area contributed by atoms with Gasteiger partial charge in [0.2, 0.25) is 5.91 Å². The highest BCUT2D eigenvalue weighted by atomic mass is 19.1. The Labute approximate surface area is 405 Å². The van der Waals surface area contributed by atoms with Gasteiger partial charge in [-0.15, -0.1) is 0 Å². The van der Waals surface area contributed by atoms with Gasteiger partial charge in [-0.1, -0.05) is 13.0 Å². The van der Waals surface area contributed by atoms with Gasteiger partial charge >= 0.3 is 6.01 Å². The van der Waals surface area contributed by atoms with Crippen molar-refractivity contribution in [1.82, 2.24) is 39.8 Å². The van der Waals surface area contributed by atoms with Crippen molar-refractivity contribution in [3.63, 3.8) is 0 Å². The van der Waals surface area contributed by atoms with E-state index >= 15 is 8.78 Å². The lowest BCUT2D eigenvalue weighted by atomic mass is 9.86. The number of imide groups is 1. The number of anilines is 2. The van der Waals surface area contributed by atoms with E-state index in [1.165, 1.54) is 12.1 Å². The summed E-state index contributed by atoms with van der Waals surface area (Å²) in [5.41, 5.74) is 2.61. The van der Waals surface area contributed by atoms with Crippen molar-refractivity contribution in [2.24, 2.45) is 11.3 Å². The van der Waals surface area contributed by atoms with Gasteiger partial charge in [-0.05, 0) is 123 Å². The van der Waals surface area contributed by atoms with E-state index in [0.29, 0.717) is 71.4 Å². The van der Waals surface area contributed by atoms with Crippen molar-refractivity contribution in [1.29, 1.82) is 0 Å². The lowest BCUT2D eigenvalue weighted by Gasteiger charge is -2.48. The van der Waals surface area contributed by atoms with E-state index in [9.17, 15) is 14.7 Å². The first-order valence-corrected chi connectivity index (χ1v) is 25.4. The van der Waals surface area contributed by atoms with Crippen LogP contribution < -0.4 is 19.9 Å². The highest BCUT2D eigenvalue weighted by molar-refractivity contribution is 6.02. The first-order chi connectivity index (χ1) is 34.0. The quantitative estimate of drug-likeness (QED) is 0.119. The average Bonchev–Trinajstić information content (AvgIpc) is 4.00. The molecule has 3 aromatic carbocycles. The number of fused-ring (bicyclic) bond motifs is 3. The minimum atomic E-state index is -0.669. The molecular weight excluding hydrogens is 895 g/mol. The zero-order valence-corrected chi connectivity index (χ0v) is 39.8. The fraction of sp³-hybridized carbons (Fsp3) is 0.509. The molecule has 17 heteroatoms. The summed E-state index contributed by atoms with van der Waals surface area (Å²) in [5.74, 6) is -0.428. The number of ether oxygens (including phenoxy) is 2. The number of likely N-dealkylation sites (tertiary alicyclic amines) is 1. The summed E-state index contributed by atoms with van der Waals surface area (Å²) in [6, 6.07) is 12.0. The molecule has 15 nitrogen and oxygen atoms in total. The minimum absolute atomic E-state index is 0.0142. The lowest BCUT2D eigenvalue weighted by molar-refractivity contribution is -0.151. The highest BCUT2D eigenvalue weighted by Crippen LogP contribution is 2.48. The molecule has 0 radical (unpaired) electrons. The standard InChI is InChI=1S/C53H60F2N10O5/c1-2-38-41(54)6-4-34-25-37(66)26-39(45(34)38)47-46(55)48-40(28-56-47)49(64-16-3-12-53(31-64)15-23-70-53)60-51(59-48)69-32-52(13-14-52)30-62-17-10-33(11-18-62)29-61-19-21-63(22-20-61)36-5-7-42-35(24-36)27-57-65(42)43-8-9-44(67)58-50(43)68/h4-7,24-28,33,43,66H,2-3,8-23,29-32H2,1H3,(H,58,67,68)/t43?,53-/m0/s1. The van der Waals surface area contributed by atoms with Gasteiger partial charge < -0.3 is 29.3 Å².